The molecule has 0 unspecified atom stereocenters. The second-order valence-electron chi connectivity index (χ2n) is 6.17. The summed E-state index contributed by atoms with van der Waals surface area (Å²) < 4.78 is 16.1. The SMILES string of the molecule is CCNC(=NCc1cc(OC)c(OC)c(OC)c1)NCC(=O)N1CCCC1.I. The number of benzene rings is 1. The number of nitrogens with zero attached hydrogens (tertiary/aromatic N) is 2. The van der Waals surface area contributed by atoms with Gasteiger partial charge in [-0.05, 0) is 37.5 Å². The number of nitrogens with one attached hydrogen (secondary N) is 2. The fourth-order valence-electron chi connectivity index (χ4n) is 2.98. The Balaban J connectivity index is 0.00000392. The summed E-state index contributed by atoms with van der Waals surface area (Å²) >= 11 is 0. The molecule has 0 saturated carbocycles. The maximum absolute atomic E-state index is 12.2. The molecule has 0 atom stereocenters. The van der Waals surface area contributed by atoms with E-state index in [0.717, 1.165) is 31.5 Å². The van der Waals surface area contributed by atoms with Crippen molar-refractivity contribution in [3.05, 3.63) is 17.7 Å². The van der Waals surface area contributed by atoms with Gasteiger partial charge in [0.25, 0.3) is 0 Å². The van der Waals surface area contributed by atoms with Crippen molar-refractivity contribution in [1.82, 2.24) is 15.5 Å². The molecular weight excluding hydrogens is 475 g/mol. The van der Waals surface area contributed by atoms with Gasteiger partial charge >= 0.3 is 0 Å². The van der Waals surface area contributed by atoms with Gasteiger partial charge in [0.1, 0.15) is 0 Å². The molecule has 1 amide bonds. The highest BCUT2D eigenvalue weighted by Gasteiger charge is 2.18. The Kier molecular flexibility index (Phi) is 10.8. The van der Waals surface area contributed by atoms with E-state index in [2.05, 4.69) is 15.6 Å². The monoisotopic (exact) mass is 506 g/mol. The molecular formula is C19H31IN4O4. The second kappa shape index (κ2) is 12.5. The molecule has 0 radical (unpaired) electrons. The molecule has 1 aliphatic rings. The van der Waals surface area contributed by atoms with E-state index in [0.29, 0.717) is 36.3 Å². The van der Waals surface area contributed by atoms with Crippen molar-refractivity contribution in [1.29, 1.82) is 0 Å². The summed E-state index contributed by atoms with van der Waals surface area (Å²) in [7, 11) is 4.74. The van der Waals surface area contributed by atoms with Crippen molar-refractivity contribution in [3.8, 4) is 17.2 Å². The Morgan fingerprint density at radius 2 is 1.68 bits per heavy atom. The predicted octanol–water partition coefficient (Wildman–Crippen LogP) is 2.01. The van der Waals surface area contributed by atoms with Gasteiger partial charge in [0.15, 0.2) is 17.5 Å². The maximum Gasteiger partial charge on any atom is 0.241 e. The molecule has 2 N–H and O–H groups in total. The second-order valence-corrected chi connectivity index (χ2v) is 6.17. The van der Waals surface area contributed by atoms with Gasteiger partial charge < -0.3 is 29.7 Å². The van der Waals surface area contributed by atoms with Crippen LogP contribution in [0.3, 0.4) is 0 Å². The zero-order chi connectivity index (χ0) is 19.6. The molecule has 28 heavy (non-hydrogen) atoms. The number of amides is 1. The highest BCUT2D eigenvalue weighted by molar-refractivity contribution is 14.0. The van der Waals surface area contributed by atoms with E-state index in [1.165, 1.54) is 0 Å². The van der Waals surface area contributed by atoms with Gasteiger partial charge in [-0.15, -0.1) is 24.0 Å². The quantitative estimate of drug-likeness (QED) is 0.319. The smallest absolute Gasteiger partial charge is 0.241 e. The van der Waals surface area contributed by atoms with Crippen LogP contribution in [0.25, 0.3) is 0 Å². The fourth-order valence-corrected chi connectivity index (χ4v) is 2.98. The van der Waals surface area contributed by atoms with Crippen LogP contribution in [0.15, 0.2) is 17.1 Å². The van der Waals surface area contributed by atoms with E-state index in [1.807, 2.05) is 24.0 Å². The van der Waals surface area contributed by atoms with Crippen LogP contribution in [-0.4, -0.2) is 64.3 Å². The van der Waals surface area contributed by atoms with E-state index in [9.17, 15) is 4.79 Å². The molecule has 158 valence electrons. The molecule has 1 aliphatic heterocycles. The van der Waals surface area contributed by atoms with Crippen LogP contribution in [0, 0.1) is 0 Å². The van der Waals surface area contributed by atoms with Crippen LogP contribution in [-0.2, 0) is 11.3 Å². The van der Waals surface area contributed by atoms with Gasteiger partial charge in [-0.2, -0.15) is 0 Å². The standard InChI is InChI=1S/C19H30N4O4.HI/c1-5-20-19(22-13-17(24)23-8-6-7-9-23)21-12-14-10-15(25-2)18(27-4)16(11-14)26-3;/h10-11H,5-9,12-13H2,1-4H3,(H2,20,21,22);1H. The normalized spacial score (nSPS) is 13.6. The van der Waals surface area contributed by atoms with E-state index in [4.69, 9.17) is 14.2 Å². The highest BCUT2D eigenvalue weighted by atomic mass is 127. The Morgan fingerprint density at radius 1 is 1.07 bits per heavy atom. The summed E-state index contributed by atoms with van der Waals surface area (Å²) in [6, 6.07) is 3.73. The molecule has 0 bridgehead atoms. The summed E-state index contributed by atoms with van der Waals surface area (Å²) in [5.41, 5.74) is 0.910. The number of rotatable bonds is 8. The number of likely N-dealkylation sites (tertiary alicyclic amines) is 1. The molecule has 1 aromatic rings. The Morgan fingerprint density at radius 3 is 2.18 bits per heavy atom. The first-order valence-corrected chi connectivity index (χ1v) is 9.21. The summed E-state index contributed by atoms with van der Waals surface area (Å²) in [6.45, 7) is 5.03. The molecule has 2 rings (SSSR count). The zero-order valence-electron chi connectivity index (χ0n) is 17.0. The van der Waals surface area contributed by atoms with E-state index < -0.39 is 0 Å². The third kappa shape index (κ3) is 6.61. The Labute approximate surface area is 184 Å². The largest absolute Gasteiger partial charge is 0.493 e. The van der Waals surface area contributed by atoms with Gasteiger partial charge in [0, 0.05) is 19.6 Å². The minimum Gasteiger partial charge on any atom is -0.493 e. The predicted molar refractivity (Wildman–Crippen MR) is 120 cm³/mol. The molecule has 1 fully saturated rings. The minimum absolute atomic E-state index is 0. The molecule has 9 heteroatoms. The number of hydrogen-bond acceptors (Lipinski definition) is 5. The lowest BCUT2D eigenvalue weighted by atomic mass is 10.2. The van der Waals surface area contributed by atoms with Crippen LogP contribution >= 0.6 is 24.0 Å². The third-order valence-corrected chi connectivity index (χ3v) is 4.35. The van der Waals surface area contributed by atoms with E-state index in [1.54, 1.807) is 21.3 Å². The fraction of sp³-hybridized carbons (Fsp3) is 0.579. The number of hydrogen-bond donors (Lipinski definition) is 2. The van der Waals surface area contributed by atoms with Crippen molar-refractivity contribution in [2.24, 2.45) is 4.99 Å². The Hall–Kier alpha value is -1.91. The van der Waals surface area contributed by atoms with Crippen LogP contribution in [0.1, 0.15) is 25.3 Å². The first kappa shape index (κ1) is 24.1. The lowest BCUT2D eigenvalue weighted by molar-refractivity contribution is -0.128. The molecule has 0 aliphatic carbocycles. The number of ether oxygens (including phenoxy) is 3. The maximum atomic E-state index is 12.2. The first-order valence-electron chi connectivity index (χ1n) is 9.21. The average Bonchev–Trinajstić information content (AvgIpc) is 3.23. The molecule has 1 heterocycles. The number of carbonyl (C=O) groups excluding carboxylic acids is 1. The van der Waals surface area contributed by atoms with Gasteiger partial charge in [0.2, 0.25) is 11.7 Å². The van der Waals surface area contributed by atoms with Crippen molar-refractivity contribution in [2.75, 3.05) is 47.5 Å². The van der Waals surface area contributed by atoms with Crippen LogP contribution < -0.4 is 24.8 Å². The van der Waals surface area contributed by atoms with Crippen molar-refractivity contribution < 1.29 is 19.0 Å². The first-order chi connectivity index (χ1) is 13.1. The molecule has 0 aromatic heterocycles. The van der Waals surface area contributed by atoms with Crippen molar-refractivity contribution in [3.63, 3.8) is 0 Å². The molecule has 8 nitrogen and oxygen atoms in total. The van der Waals surface area contributed by atoms with E-state index >= 15 is 0 Å². The van der Waals surface area contributed by atoms with Crippen molar-refractivity contribution in [2.45, 2.75) is 26.3 Å². The van der Waals surface area contributed by atoms with Crippen molar-refractivity contribution >= 4 is 35.8 Å². The lowest BCUT2D eigenvalue weighted by Crippen LogP contribution is -2.44. The van der Waals surface area contributed by atoms with Gasteiger partial charge in [-0.25, -0.2) is 4.99 Å². The summed E-state index contributed by atoms with van der Waals surface area (Å²) in [6.07, 6.45) is 2.17. The lowest BCUT2D eigenvalue weighted by Gasteiger charge is -2.17. The number of aliphatic imine (C=N–C) groups is 1. The van der Waals surface area contributed by atoms with Crippen LogP contribution in [0.2, 0.25) is 0 Å². The number of methoxy groups -OCH3 is 3. The zero-order valence-corrected chi connectivity index (χ0v) is 19.4. The minimum atomic E-state index is 0. The van der Waals surface area contributed by atoms with Crippen LogP contribution in [0.4, 0.5) is 0 Å². The molecule has 0 spiro atoms. The summed E-state index contributed by atoms with van der Waals surface area (Å²) in [5, 5.41) is 6.27. The molecule has 1 aromatic carbocycles. The topological polar surface area (TPSA) is 84.4 Å². The number of guanidine groups is 1. The number of halogens is 1. The summed E-state index contributed by atoms with van der Waals surface area (Å²) in [4.78, 5) is 18.6. The molecule has 1 saturated heterocycles. The van der Waals surface area contributed by atoms with Crippen LogP contribution in [0.5, 0.6) is 17.2 Å². The Bertz CT molecular complexity index is 638. The van der Waals surface area contributed by atoms with E-state index in [-0.39, 0.29) is 36.4 Å². The van der Waals surface area contributed by atoms with Gasteiger partial charge in [-0.3, -0.25) is 4.79 Å². The third-order valence-electron chi connectivity index (χ3n) is 4.35. The highest BCUT2D eigenvalue weighted by Crippen LogP contribution is 2.38. The number of carbonyl (C=O) groups is 1. The average molecular weight is 506 g/mol. The van der Waals surface area contributed by atoms with Gasteiger partial charge in [0.05, 0.1) is 34.4 Å². The van der Waals surface area contributed by atoms with Gasteiger partial charge in [-0.1, -0.05) is 0 Å². The summed E-state index contributed by atoms with van der Waals surface area (Å²) in [5.74, 6) is 2.42.